The van der Waals surface area contributed by atoms with E-state index in [9.17, 15) is 9.90 Å². The molecule has 0 aliphatic rings. The summed E-state index contributed by atoms with van der Waals surface area (Å²) in [5.41, 5.74) is -0.213. The highest BCUT2D eigenvalue weighted by atomic mass is 16.3. The van der Waals surface area contributed by atoms with Crippen LogP contribution in [0.3, 0.4) is 0 Å². The lowest BCUT2D eigenvalue weighted by Gasteiger charge is -2.26. The Hall–Kier alpha value is -1.42. The first-order chi connectivity index (χ1) is 6.92. The van der Waals surface area contributed by atoms with Gasteiger partial charge in [-0.3, -0.25) is 4.79 Å². The number of aliphatic hydroxyl groups is 1. The second-order valence-electron chi connectivity index (χ2n) is 4.24. The summed E-state index contributed by atoms with van der Waals surface area (Å²) in [7, 11) is 1.85. The van der Waals surface area contributed by atoms with Gasteiger partial charge in [0.15, 0.2) is 6.29 Å². The summed E-state index contributed by atoms with van der Waals surface area (Å²) in [6, 6.07) is 3.46. The van der Waals surface area contributed by atoms with Gasteiger partial charge in [-0.2, -0.15) is 0 Å². The van der Waals surface area contributed by atoms with Gasteiger partial charge in [0.05, 0.1) is 5.60 Å². The minimum Gasteiger partial charge on any atom is -0.389 e. The average molecular weight is 208 g/mol. The minimum atomic E-state index is -0.764. The molecule has 0 aliphatic carbocycles. The lowest BCUT2D eigenvalue weighted by molar-refractivity contribution is 0.0884. The van der Waals surface area contributed by atoms with Crippen molar-refractivity contribution >= 4 is 12.1 Å². The molecular formula is C11H16N2O2. The Morgan fingerprint density at radius 2 is 2.20 bits per heavy atom. The zero-order valence-corrected chi connectivity index (χ0v) is 9.27. The van der Waals surface area contributed by atoms with Gasteiger partial charge in [0.2, 0.25) is 0 Å². The highest BCUT2D eigenvalue weighted by Crippen LogP contribution is 2.12. The molecule has 0 saturated heterocycles. The van der Waals surface area contributed by atoms with Crippen molar-refractivity contribution in [2.24, 2.45) is 0 Å². The molecule has 1 aromatic heterocycles. The summed E-state index contributed by atoms with van der Waals surface area (Å²) in [5.74, 6) is 0.739. The topological polar surface area (TPSA) is 53.4 Å². The van der Waals surface area contributed by atoms with Crippen molar-refractivity contribution in [3.63, 3.8) is 0 Å². The molecule has 82 valence electrons. The molecule has 0 unspecified atom stereocenters. The predicted molar refractivity (Wildman–Crippen MR) is 59.2 cm³/mol. The third-order valence-corrected chi connectivity index (χ3v) is 1.92. The van der Waals surface area contributed by atoms with Gasteiger partial charge in [-0.25, -0.2) is 4.98 Å². The number of rotatable bonds is 4. The van der Waals surface area contributed by atoms with Crippen LogP contribution in [0.4, 0.5) is 5.82 Å². The van der Waals surface area contributed by atoms with E-state index in [2.05, 4.69) is 4.98 Å². The van der Waals surface area contributed by atoms with Gasteiger partial charge in [0.25, 0.3) is 0 Å². The zero-order chi connectivity index (χ0) is 11.5. The summed E-state index contributed by atoms with van der Waals surface area (Å²) < 4.78 is 0. The molecule has 0 aromatic carbocycles. The fourth-order valence-electron chi connectivity index (χ4n) is 1.35. The minimum absolute atomic E-state index is 0.487. The van der Waals surface area contributed by atoms with E-state index in [0.29, 0.717) is 12.1 Å². The molecule has 0 bridgehead atoms. The number of hydrogen-bond acceptors (Lipinski definition) is 4. The van der Waals surface area contributed by atoms with Crippen molar-refractivity contribution < 1.29 is 9.90 Å². The van der Waals surface area contributed by atoms with Crippen molar-refractivity contribution in [1.29, 1.82) is 0 Å². The van der Waals surface area contributed by atoms with Crippen molar-refractivity contribution in [2.45, 2.75) is 19.4 Å². The number of likely N-dealkylation sites (N-methyl/N-ethyl adjacent to an activating group) is 1. The smallest absolute Gasteiger partial charge is 0.151 e. The van der Waals surface area contributed by atoms with E-state index in [1.807, 2.05) is 11.9 Å². The first kappa shape index (κ1) is 11.7. The van der Waals surface area contributed by atoms with Crippen LogP contribution in [0.15, 0.2) is 18.3 Å². The fourth-order valence-corrected chi connectivity index (χ4v) is 1.35. The van der Waals surface area contributed by atoms with Crippen molar-refractivity contribution in [2.75, 3.05) is 18.5 Å². The van der Waals surface area contributed by atoms with Gasteiger partial charge in [0.1, 0.15) is 5.82 Å². The maximum atomic E-state index is 10.4. The molecule has 0 aliphatic heterocycles. The Bertz CT molecular complexity index is 327. The lowest BCUT2D eigenvalue weighted by atomic mass is 10.1. The van der Waals surface area contributed by atoms with Gasteiger partial charge >= 0.3 is 0 Å². The largest absolute Gasteiger partial charge is 0.389 e. The molecule has 0 atom stereocenters. The monoisotopic (exact) mass is 208 g/mol. The van der Waals surface area contributed by atoms with Gasteiger partial charge in [-0.1, -0.05) is 0 Å². The van der Waals surface area contributed by atoms with Crippen LogP contribution in [-0.4, -0.2) is 35.6 Å². The quantitative estimate of drug-likeness (QED) is 0.753. The van der Waals surface area contributed by atoms with E-state index in [1.54, 1.807) is 26.0 Å². The molecule has 1 N–H and O–H groups in total. The first-order valence-electron chi connectivity index (χ1n) is 4.77. The van der Waals surface area contributed by atoms with Crippen LogP contribution in [0.5, 0.6) is 0 Å². The number of anilines is 1. The lowest BCUT2D eigenvalue weighted by Crippen LogP contribution is -2.36. The molecule has 4 heteroatoms. The Morgan fingerprint density at radius 3 is 2.60 bits per heavy atom. The van der Waals surface area contributed by atoms with E-state index in [1.165, 1.54) is 6.20 Å². The van der Waals surface area contributed by atoms with E-state index in [-0.39, 0.29) is 0 Å². The van der Waals surface area contributed by atoms with E-state index >= 15 is 0 Å². The summed E-state index contributed by atoms with van der Waals surface area (Å²) in [6.45, 7) is 3.97. The Balaban J connectivity index is 2.74. The van der Waals surface area contributed by atoms with Gasteiger partial charge in [-0.15, -0.1) is 0 Å². The highest BCUT2D eigenvalue weighted by Gasteiger charge is 2.16. The molecular weight excluding hydrogens is 192 g/mol. The predicted octanol–water partition coefficient (Wildman–Crippen LogP) is 1.10. The van der Waals surface area contributed by atoms with Crippen molar-refractivity contribution in [3.8, 4) is 0 Å². The number of carbonyl (C=O) groups excluding carboxylic acids is 1. The molecule has 0 saturated carbocycles. The van der Waals surface area contributed by atoms with Crippen LogP contribution in [0.2, 0.25) is 0 Å². The third-order valence-electron chi connectivity index (χ3n) is 1.92. The maximum absolute atomic E-state index is 10.4. The first-order valence-corrected chi connectivity index (χ1v) is 4.77. The van der Waals surface area contributed by atoms with Crippen LogP contribution >= 0.6 is 0 Å². The second-order valence-corrected chi connectivity index (χ2v) is 4.24. The number of aldehydes is 1. The van der Waals surface area contributed by atoms with Crippen LogP contribution in [-0.2, 0) is 0 Å². The summed E-state index contributed by atoms with van der Waals surface area (Å²) in [6.07, 6.45) is 2.27. The van der Waals surface area contributed by atoms with Crippen LogP contribution in [0.25, 0.3) is 0 Å². The maximum Gasteiger partial charge on any atom is 0.151 e. The zero-order valence-electron chi connectivity index (χ0n) is 9.27. The molecule has 0 radical (unpaired) electrons. The summed E-state index contributed by atoms with van der Waals surface area (Å²) >= 11 is 0. The Labute approximate surface area is 89.6 Å². The molecule has 0 amide bonds. The molecule has 15 heavy (non-hydrogen) atoms. The fraction of sp³-hybridized carbons (Fsp3) is 0.455. The standard InChI is InChI=1S/C11H16N2O2/c1-11(2,15)8-13(3)10-5-4-9(7-14)6-12-10/h4-7,15H,8H2,1-3H3. The molecule has 0 fully saturated rings. The second kappa shape index (κ2) is 4.40. The van der Waals surface area contributed by atoms with Crippen LogP contribution in [0.1, 0.15) is 24.2 Å². The summed E-state index contributed by atoms with van der Waals surface area (Å²) in [5, 5.41) is 9.62. The highest BCUT2D eigenvalue weighted by molar-refractivity contribution is 5.74. The van der Waals surface area contributed by atoms with E-state index in [4.69, 9.17) is 0 Å². The number of aromatic nitrogens is 1. The van der Waals surface area contributed by atoms with Gasteiger partial charge < -0.3 is 10.0 Å². The van der Waals surface area contributed by atoms with Gasteiger partial charge in [-0.05, 0) is 26.0 Å². The number of nitrogens with zero attached hydrogens (tertiary/aromatic N) is 2. The molecule has 4 nitrogen and oxygen atoms in total. The number of pyridine rings is 1. The summed E-state index contributed by atoms with van der Waals surface area (Å²) in [4.78, 5) is 16.4. The normalized spacial score (nSPS) is 11.2. The average Bonchev–Trinajstić information content (AvgIpc) is 2.15. The molecule has 1 heterocycles. The van der Waals surface area contributed by atoms with Crippen LogP contribution in [0, 0.1) is 0 Å². The van der Waals surface area contributed by atoms with Crippen LogP contribution < -0.4 is 4.90 Å². The van der Waals surface area contributed by atoms with Crippen molar-refractivity contribution in [1.82, 2.24) is 4.98 Å². The third kappa shape index (κ3) is 3.67. The Kier molecular flexibility index (Phi) is 3.42. The van der Waals surface area contributed by atoms with Crippen molar-refractivity contribution in [3.05, 3.63) is 23.9 Å². The SMILES string of the molecule is CN(CC(C)(C)O)c1ccc(C=O)cn1. The number of hydrogen-bond donors (Lipinski definition) is 1. The van der Waals surface area contributed by atoms with E-state index < -0.39 is 5.60 Å². The number of carbonyl (C=O) groups is 1. The molecule has 0 spiro atoms. The van der Waals surface area contributed by atoms with Gasteiger partial charge in [0, 0.05) is 25.4 Å². The van der Waals surface area contributed by atoms with E-state index in [0.717, 1.165) is 12.1 Å². The Morgan fingerprint density at radius 1 is 1.53 bits per heavy atom. The molecule has 1 aromatic rings. The molecule has 1 rings (SSSR count).